The van der Waals surface area contributed by atoms with E-state index in [4.69, 9.17) is 10.5 Å². The van der Waals surface area contributed by atoms with Crippen LogP contribution in [0.2, 0.25) is 0 Å². The summed E-state index contributed by atoms with van der Waals surface area (Å²) in [5.74, 6) is -0.518. The molecule has 3 N–H and O–H groups in total. The summed E-state index contributed by atoms with van der Waals surface area (Å²) in [6.45, 7) is 2.00. The van der Waals surface area contributed by atoms with Gasteiger partial charge in [-0.15, -0.1) is 0 Å². The number of carbonyl (C=O) groups excluding carboxylic acids is 2. The quantitative estimate of drug-likeness (QED) is 0.598. The Morgan fingerprint density at radius 3 is 2.88 bits per heavy atom. The molecule has 2 aliphatic rings. The second-order valence-electron chi connectivity index (χ2n) is 4.17. The number of morpholine rings is 1. The van der Waals surface area contributed by atoms with Crippen molar-refractivity contribution in [3.05, 3.63) is 0 Å². The zero-order valence-corrected chi connectivity index (χ0v) is 9.15. The van der Waals surface area contributed by atoms with Gasteiger partial charge in [0.25, 0.3) is 0 Å². The number of nitrogens with two attached hydrogens (primary N) is 1. The van der Waals surface area contributed by atoms with Crippen molar-refractivity contribution in [1.82, 2.24) is 10.2 Å². The first-order chi connectivity index (χ1) is 7.70. The molecule has 0 radical (unpaired) electrons. The molecule has 2 amide bonds. The van der Waals surface area contributed by atoms with E-state index in [0.717, 1.165) is 19.4 Å². The van der Waals surface area contributed by atoms with E-state index in [9.17, 15) is 9.59 Å². The van der Waals surface area contributed by atoms with Gasteiger partial charge in [0.2, 0.25) is 11.8 Å². The van der Waals surface area contributed by atoms with Crippen LogP contribution in [0.15, 0.2) is 0 Å². The van der Waals surface area contributed by atoms with E-state index in [-0.39, 0.29) is 18.6 Å². The Hall–Kier alpha value is -1.14. The highest BCUT2D eigenvalue weighted by atomic mass is 16.5. The Morgan fingerprint density at radius 1 is 1.44 bits per heavy atom. The number of primary amides is 1. The van der Waals surface area contributed by atoms with Gasteiger partial charge in [-0.1, -0.05) is 0 Å². The molecule has 0 aromatic heterocycles. The van der Waals surface area contributed by atoms with E-state index in [0.29, 0.717) is 13.2 Å². The van der Waals surface area contributed by atoms with Gasteiger partial charge < -0.3 is 20.7 Å². The largest absolute Gasteiger partial charge is 0.377 e. The average Bonchev–Trinajstić information content (AvgIpc) is 2.81. The zero-order chi connectivity index (χ0) is 11.5. The standard InChI is InChI=1S/C10H17N3O3/c11-9(14)8-6-16-5-4-13(8)10(15)7-2-1-3-12-7/h7-8,12H,1-6H2,(H2,11,14)/t7-,8?/m1/s1. The van der Waals surface area contributed by atoms with Crippen molar-refractivity contribution in [2.75, 3.05) is 26.3 Å². The van der Waals surface area contributed by atoms with Crippen molar-refractivity contribution in [2.45, 2.75) is 24.9 Å². The number of nitrogens with zero attached hydrogens (tertiary/aromatic N) is 1. The molecule has 2 saturated heterocycles. The fraction of sp³-hybridized carbons (Fsp3) is 0.800. The van der Waals surface area contributed by atoms with Crippen LogP contribution in [0.5, 0.6) is 0 Å². The highest BCUT2D eigenvalue weighted by Crippen LogP contribution is 2.13. The van der Waals surface area contributed by atoms with Crippen LogP contribution in [-0.4, -0.2) is 55.1 Å². The Labute approximate surface area is 94.1 Å². The van der Waals surface area contributed by atoms with Gasteiger partial charge >= 0.3 is 0 Å². The van der Waals surface area contributed by atoms with Crippen molar-refractivity contribution in [1.29, 1.82) is 0 Å². The monoisotopic (exact) mass is 227 g/mol. The minimum absolute atomic E-state index is 0.0235. The summed E-state index contributed by atoms with van der Waals surface area (Å²) in [7, 11) is 0. The van der Waals surface area contributed by atoms with Crippen LogP contribution in [-0.2, 0) is 14.3 Å². The van der Waals surface area contributed by atoms with Crippen molar-refractivity contribution in [3.8, 4) is 0 Å². The minimum Gasteiger partial charge on any atom is -0.377 e. The smallest absolute Gasteiger partial charge is 0.242 e. The van der Waals surface area contributed by atoms with Crippen molar-refractivity contribution < 1.29 is 14.3 Å². The summed E-state index contributed by atoms with van der Waals surface area (Å²) in [5, 5.41) is 3.13. The molecule has 2 aliphatic heterocycles. The predicted molar refractivity (Wildman–Crippen MR) is 56.5 cm³/mol. The zero-order valence-electron chi connectivity index (χ0n) is 9.15. The van der Waals surface area contributed by atoms with E-state index in [2.05, 4.69) is 5.32 Å². The first kappa shape index (κ1) is 11.3. The van der Waals surface area contributed by atoms with E-state index >= 15 is 0 Å². The summed E-state index contributed by atoms with van der Waals surface area (Å²) in [4.78, 5) is 24.9. The number of ether oxygens (including phenoxy) is 1. The van der Waals surface area contributed by atoms with Crippen LogP contribution in [0.3, 0.4) is 0 Å². The fourth-order valence-corrected chi connectivity index (χ4v) is 2.20. The average molecular weight is 227 g/mol. The van der Waals surface area contributed by atoms with E-state index in [1.54, 1.807) is 4.90 Å². The van der Waals surface area contributed by atoms with E-state index < -0.39 is 11.9 Å². The second kappa shape index (κ2) is 4.80. The molecule has 1 unspecified atom stereocenters. The number of hydrogen-bond donors (Lipinski definition) is 2. The molecule has 2 fully saturated rings. The topological polar surface area (TPSA) is 84.7 Å². The lowest BCUT2D eigenvalue weighted by Gasteiger charge is -2.35. The summed E-state index contributed by atoms with van der Waals surface area (Å²) >= 11 is 0. The van der Waals surface area contributed by atoms with Gasteiger partial charge in [0.15, 0.2) is 0 Å². The third kappa shape index (κ3) is 2.17. The Morgan fingerprint density at radius 2 is 2.25 bits per heavy atom. The highest BCUT2D eigenvalue weighted by molar-refractivity contribution is 5.89. The highest BCUT2D eigenvalue weighted by Gasteiger charge is 2.35. The molecule has 0 aliphatic carbocycles. The molecule has 0 aromatic carbocycles. The van der Waals surface area contributed by atoms with Gasteiger partial charge in [-0.25, -0.2) is 0 Å². The lowest BCUT2D eigenvalue weighted by molar-refractivity contribution is -0.148. The van der Waals surface area contributed by atoms with Crippen LogP contribution >= 0.6 is 0 Å². The molecular formula is C10H17N3O3. The first-order valence-corrected chi connectivity index (χ1v) is 5.61. The normalized spacial score (nSPS) is 30.4. The van der Waals surface area contributed by atoms with Crippen LogP contribution in [0.4, 0.5) is 0 Å². The number of hydrogen-bond acceptors (Lipinski definition) is 4. The Kier molecular flexibility index (Phi) is 3.40. The van der Waals surface area contributed by atoms with Crippen LogP contribution in [0, 0.1) is 0 Å². The van der Waals surface area contributed by atoms with Gasteiger partial charge in [0.1, 0.15) is 6.04 Å². The summed E-state index contributed by atoms with van der Waals surface area (Å²) in [5.41, 5.74) is 5.26. The number of carbonyl (C=O) groups is 2. The van der Waals surface area contributed by atoms with E-state index in [1.807, 2.05) is 0 Å². The third-order valence-electron chi connectivity index (χ3n) is 3.10. The van der Waals surface area contributed by atoms with Crippen LogP contribution in [0.25, 0.3) is 0 Å². The van der Waals surface area contributed by atoms with Gasteiger partial charge in [-0.3, -0.25) is 9.59 Å². The molecule has 6 heteroatoms. The third-order valence-corrected chi connectivity index (χ3v) is 3.10. The molecule has 2 heterocycles. The van der Waals surface area contributed by atoms with Gasteiger partial charge in [0.05, 0.1) is 19.3 Å². The number of nitrogens with one attached hydrogen (secondary N) is 1. The minimum atomic E-state index is -0.608. The molecule has 90 valence electrons. The molecule has 0 bridgehead atoms. The Bertz CT molecular complexity index is 289. The lowest BCUT2D eigenvalue weighted by atomic mass is 10.1. The van der Waals surface area contributed by atoms with Crippen molar-refractivity contribution >= 4 is 11.8 Å². The molecule has 2 rings (SSSR count). The summed E-state index contributed by atoms with van der Waals surface area (Å²) in [6, 6.07) is -0.761. The maximum Gasteiger partial charge on any atom is 0.242 e. The van der Waals surface area contributed by atoms with Gasteiger partial charge in [0, 0.05) is 6.54 Å². The molecule has 0 spiro atoms. The molecule has 2 atom stereocenters. The summed E-state index contributed by atoms with van der Waals surface area (Å²) < 4.78 is 5.17. The second-order valence-corrected chi connectivity index (χ2v) is 4.17. The molecule has 16 heavy (non-hydrogen) atoms. The fourth-order valence-electron chi connectivity index (χ4n) is 2.20. The molecule has 6 nitrogen and oxygen atoms in total. The Balaban J connectivity index is 2.04. The van der Waals surface area contributed by atoms with Gasteiger partial charge in [-0.05, 0) is 19.4 Å². The van der Waals surface area contributed by atoms with Crippen molar-refractivity contribution in [3.63, 3.8) is 0 Å². The maximum absolute atomic E-state index is 12.1. The predicted octanol–water partition coefficient (Wildman–Crippen LogP) is -1.55. The van der Waals surface area contributed by atoms with E-state index in [1.165, 1.54) is 0 Å². The molecule has 0 aromatic rings. The lowest BCUT2D eigenvalue weighted by Crippen LogP contribution is -2.58. The molecule has 0 saturated carbocycles. The van der Waals surface area contributed by atoms with Crippen LogP contribution < -0.4 is 11.1 Å². The first-order valence-electron chi connectivity index (χ1n) is 5.61. The summed E-state index contributed by atoms with van der Waals surface area (Å²) in [6.07, 6.45) is 1.84. The molecular weight excluding hydrogens is 210 g/mol. The van der Waals surface area contributed by atoms with Crippen LogP contribution in [0.1, 0.15) is 12.8 Å². The number of amides is 2. The SMILES string of the molecule is NC(=O)C1COCCN1C(=O)[C@H]1CCCN1. The number of rotatable bonds is 2. The van der Waals surface area contributed by atoms with Crippen molar-refractivity contribution in [2.24, 2.45) is 5.73 Å². The maximum atomic E-state index is 12.1. The van der Waals surface area contributed by atoms with Gasteiger partial charge in [-0.2, -0.15) is 0 Å².